The molecule has 1 aromatic rings. The van der Waals surface area contributed by atoms with Crippen molar-refractivity contribution in [2.45, 2.75) is 117 Å². The fraction of sp³-hybridized carbons (Fsp3) is 0.659. The molecule has 3 N–H and O–H groups in total. The number of likely N-dealkylation sites (N-methyl/N-ethyl adjacent to an activating group) is 4. The Hall–Kier alpha value is -4.30. The van der Waals surface area contributed by atoms with Gasteiger partial charge in [-0.05, 0) is 57.6 Å². The third-order valence-electron chi connectivity index (χ3n) is 9.34. The first-order valence-corrected chi connectivity index (χ1v) is 19.4. The number of carbonyl (C=O) groups is 6. The fourth-order valence-corrected chi connectivity index (χ4v) is 5.92. The zero-order valence-corrected chi connectivity index (χ0v) is 35.1. The highest BCUT2D eigenvalue weighted by atomic mass is 16.5. The number of nitrogens with one attached hydrogen (secondary N) is 3. The summed E-state index contributed by atoms with van der Waals surface area (Å²) in [5.41, 5.74) is 0.841. The van der Waals surface area contributed by atoms with Crippen LogP contribution in [-0.4, -0.2) is 134 Å². The lowest BCUT2D eigenvalue weighted by molar-refractivity contribution is -0.150. The van der Waals surface area contributed by atoms with E-state index >= 15 is 0 Å². The summed E-state index contributed by atoms with van der Waals surface area (Å²) in [6, 6.07) is 4.62. The van der Waals surface area contributed by atoms with Crippen molar-refractivity contribution in [2.75, 3.05) is 47.9 Å². The number of esters is 1. The van der Waals surface area contributed by atoms with Gasteiger partial charge >= 0.3 is 5.97 Å². The zero-order valence-electron chi connectivity index (χ0n) is 35.1. The molecule has 5 amide bonds. The van der Waals surface area contributed by atoms with E-state index in [1.807, 2.05) is 65.0 Å². The van der Waals surface area contributed by atoms with Crippen LogP contribution in [0.5, 0.6) is 0 Å². The summed E-state index contributed by atoms with van der Waals surface area (Å²) in [4.78, 5) is 86.0. The Morgan fingerprint density at radius 1 is 0.800 bits per heavy atom. The first kappa shape index (κ1) is 48.7. The summed E-state index contributed by atoms with van der Waals surface area (Å²) in [5.74, 6) is -3.12. The van der Waals surface area contributed by atoms with Crippen LogP contribution in [0.3, 0.4) is 0 Å². The molecule has 6 atom stereocenters. The second kappa shape index (κ2) is 25.0. The van der Waals surface area contributed by atoms with E-state index in [2.05, 4.69) is 22.5 Å². The molecule has 55 heavy (non-hydrogen) atoms. The van der Waals surface area contributed by atoms with Crippen LogP contribution >= 0.6 is 0 Å². The van der Waals surface area contributed by atoms with Gasteiger partial charge in [-0.3, -0.25) is 28.8 Å². The molecule has 0 spiro atoms. The summed E-state index contributed by atoms with van der Waals surface area (Å²) in [7, 11) is 6.19. The highest BCUT2D eigenvalue weighted by molar-refractivity contribution is 5.96. The van der Waals surface area contributed by atoms with Gasteiger partial charge in [0.15, 0.2) is 0 Å². The molecule has 2 unspecified atom stereocenters. The molecule has 0 bridgehead atoms. The molecule has 0 heterocycles. The van der Waals surface area contributed by atoms with Gasteiger partial charge < -0.3 is 40.1 Å². The lowest BCUT2D eigenvalue weighted by Crippen LogP contribution is -2.61. The van der Waals surface area contributed by atoms with E-state index in [1.54, 1.807) is 27.9 Å². The Balaban J connectivity index is 3.49. The van der Waals surface area contributed by atoms with E-state index in [0.29, 0.717) is 6.61 Å². The van der Waals surface area contributed by atoms with Gasteiger partial charge in [-0.15, -0.1) is 0 Å². The minimum absolute atomic E-state index is 0.00882. The van der Waals surface area contributed by atoms with E-state index < -0.39 is 65.9 Å². The smallest absolute Gasteiger partial charge is 0.325 e. The molecule has 310 valence electrons. The normalized spacial score (nSPS) is 14.5. The average molecular weight is 773 g/mol. The van der Waals surface area contributed by atoms with Crippen molar-refractivity contribution in [3.05, 3.63) is 48.6 Å². The first-order chi connectivity index (χ1) is 25.9. The zero-order chi connectivity index (χ0) is 41.8. The van der Waals surface area contributed by atoms with Crippen LogP contribution in [0.25, 0.3) is 0 Å². The van der Waals surface area contributed by atoms with Crippen LogP contribution in [0.4, 0.5) is 0 Å². The summed E-state index contributed by atoms with van der Waals surface area (Å²) >= 11 is 0. The minimum atomic E-state index is -1.18. The first-order valence-electron chi connectivity index (χ1n) is 19.4. The molecule has 0 aromatic heterocycles. The van der Waals surface area contributed by atoms with Crippen molar-refractivity contribution >= 4 is 35.5 Å². The van der Waals surface area contributed by atoms with Gasteiger partial charge in [-0.1, -0.05) is 84.0 Å². The van der Waals surface area contributed by atoms with Crippen molar-refractivity contribution in [3.8, 4) is 0 Å². The number of hydrogen-bond acceptors (Lipinski definition) is 9. The molecule has 1 aromatic carbocycles. The van der Waals surface area contributed by atoms with Gasteiger partial charge in [0.1, 0.15) is 37.3 Å². The van der Waals surface area contributed by atoms with Gasteiger partial charge in [0.25, 0.3) is 0 Å². The van der Waals surface area contributed by atoms with Crippen LogP contribution in [0, 0.1) is 11.8 Å². The Morgan fingerprint density at radius 2 is 1.38 bits per heavy atom. The largest absolute Gasteiger partial charge is 0.460 e. The van der Waals surface area contributed by atoms with Crippen LogP contribution in [-0.2, 0) is 44.7 Å². The number of ether oxygens (including phenoxy) is 2. The standard InChI is InChI=1S/C41H68N6O8/c1-13-15-22-54-30(8)36(41(53)45(10)26-35(48)55-21-14-2)44-38(50)33(24-28(5)6)47(12)40(52)32(23-27(3)4)43-37(49)34(25-31-19-17-16-18-20-31)46(11)39(51)29(7)42-9/h14,16-20,27-30,32-34,36,42H,2,13,15,21-26H2,1,3-12H3,(H,43,49)(H,44,50)/t29?,30-,32+,33+,34?,36+/m1/s1. The molecule has 0 radical (unpaired) electrons. The van der Waals surface area contributed by atoms with E-state index in [-0.39, 0.29) is 50.2 Å². The maximum Gasteiger partial charge on any atom is 0.325 e. The number of hydrogen-bond donors (Lipinski definition) is 3. The van der Waals surface area contributed by atoms with Gasteiger partial charge in [-0.2, -0.15) is 0 Å². The van der Waals surface area contributed by atoms with Crippen LogP contribution < -0.4 is 16.0 Å². The van der Waals surface area contributed by atoms with Gasteiger partial charge in [0, 0.05) is 34.2 Å². The molecule has 0 aliphatic rings. The molecular formula is C41H68N6O8. The van der Waals surface area contributed by atoms with Crippen LogP contribution in [0.2, 0.25) is 0 Å². The number of benzene rings is 1. The van der Waals surface area contributed by atoms with E-state index in [1.165, 1.54) is 34.9 Å². The Bertz CT molecular complexity index is 1390. The highest BCUT2D eigenvalue weighted by Gasteiger charge is 2.38. The lowest BCUT2D eigenvalue weighted by atomic mass is 9.97. The van der Waals surface area contributed by atoms with Crippen LogP contribution in [0.1, 0.15) is 79.7 Å². The van der Waals surface area contributed by atoms with E-state index in [0.717, 1.165) is 18.4 Å². The van der Waals surface area contributed by atoms with Gasteiger partial charge in [0.05, 0.1) is 12.1 Å². The molecule has 0 saturated heterocycles. The number of nitrogens with zero attached hydrogens (tertiary/aromatic N) is 3. The van der Waals surface area contributed by atoms with Gasteiger partial charge in [0.2, 0.25) is 29.5 Å². The molecule has 0 saturated carbocycles. The fourth-order valence-electron chi connectivity index (χ4n) is 5.92. The molecule has 0 aliphatic carbocycles. The van der Waals surface area contributed by atoms with Crippen LogP contribution in [0.15, 0.2) is 43.0 Å². The summed E-state index contributed by atoms with van der Waals surface area (Å²) in [6.45, 7) is 16.6. The second-order valence-corrected chi connectivity index (χ2v) is 15.0. The third-order valence-corrected chi connectivity index (χ3v) is 9.34. The van der Waals surface area contributed by atoms with Crippen molar-refractivity contribution in [3.63, 3.8) is 0 Å². The third kappa shape index (κ3) is 16.5. The number of unbranched alkanes of at least 4 members (excludes halogenated alkanes) is 1. The van der Waals surface area contributed by atoms with E-state index in [4.69, 9.17) is 9.47 Å². The monoisotopic (exact) mass is 773 g/mol. The average Bonchev–Trinajstić information content (AvgIpc) is 3.15. The van der Waals surface area contributed by atoms with Crippen molar-refractivity contribution in [1.29, 1.82) is 0 Å². The lowest BCUT2D eigenvalue weighted by Gasteiger charge is -2.35. The Kier molecular flexibility index (Phi) is 22.1. The molecular weight excluding hydrogens is 704 g/mol. The topological polar surface area (TPSA) is 167 Å². The Morgan fingerprint density at radius 3 is 1.93 bits per heavy atom. The molecule has 14 heteroatoms. The second-order valence-electron chi connectivity index (χ2n) is 15.0. The Labute approximate surface area is 329 Å². The van der Waals surface area contributed by atoms with E-state index in [9.17, 15) is 28.8 Å². The highest BCUT2D eigenvalue weighted by Crippen LogP contribution is 2.18. The number of carbonyl (C=O) groups excluding carboxylic acids is 6. The number of rotatable bonds is 25. The predicted molar refractivity (Wildman–Crippen MR) is 214 cm³/mol. The molecule has 1 rings (SSSR count). The maximum absolute atomic E-state index is 14.4. The number of amides is 5. The predicted octanol–water partition coefficient (Wildman–Crippen LogP) is 2.95. The molecule has 14 nitrogen and oxygen atoms in total. The SMILES string of the molecule is C=CCOC(=O)CN(C)C(=O)[C@@H](NC(=O)[C@H](CC(C)C)N(C)C(=O)[C@H](CC(C)C)NC(=O)C(Cc1ccccc1)N(C)C(=O)C(C)NC)[C@@H](C)OCCCC. The van der Waals surface area contributed by atoms with Crippen molar-refractivity contribution < 1.29 is 38.2 Å². The summed E-state index contributed by atoms with van der Waals surface area (Å²) in [5, 5.41) is 8.70. The minimum Gasteiger partial charge on any atom is -0.460 e. The van der Waals surface area contributed by atoms with Crippen molar-refractivity contribution in [1.82, 2.24) is 30.7 Å². The maximum atomic E-state index is 14.4. The molecule has 0 fully saturated rings. The van der Waals surface area contributed by atoms with Gasteiger partial charge in [-0.25, -0.2) is 0 Å². The summed E-state index contributed by atoms with van der Waals surface area (Å²) in [6.07, 6.45) is 2.99. The van der Waals surface area contributed by atoms with Crippen molar-refractivity contribution in [2.24, 2.45) is 11.8 Å². The quantitative estimate of drug-likeness (QED) is 0.0770. The summed E-state index contributed by atoms with van der Waals surface area (Å²) < 4.78 is 11.0. The molecule has 0 aliphatic heterocycles.